The Morgan fingerprint density at radius 1 is 1.22 bits per heavy atom. The maximum atomic E-state index is 11.7. The maximum absolute atomic E-state index is 11.7. The van der Waals surface area contributed by atoms with Gasteiger partial charge in [-0.05, 0) is 31.5 Å². The number of carbonyl (C=O) groups is 1. The minimum atomic E-state index is -0.432. The third kappa shape index (κ3) is 5.58. The summed E-state index contributed by atoms with van der Waals surface area (Å²) in [5.74, 6) is 0.144. The van der Waals surface area contributed by atoms with Crippen LogP contribution in [0.2, 0.25) is 0 Å². The highest BCUT2D eigenvalue weighted by Gasteiger charge is 2.15. The van der Waals surface area contributed by atoms with Gasteiger partial charge in [0, 0.05) is 6.20 Å². The first-order valence-corrected chi connectivity index (χ1v) is 9.42. The molecule has 2 rings (SSSR count). The first-order chi connectivity index (χ1) is 13.1. The van der Waals surface area contributed by atoms with E-state index in [4.69, 9.17) is 9.47 Å². The molecule has 6 heteroatoms. The molecule has 2 aromatic rings. The molecule has 0 spiro atoms. The van der Waals surface area contributed by atoms with E-state index in [1.165, 1.54) is 32.8 Å². The molecule has 0 saturated carbocycles. The highest BCUT2D eigenvalue weighted by molar-refractivity contribution is 5.90. The van der Waals surface area contributed by atoms with Gasteiger partial charge in [0.1, 0.15) is 17.4 Å². The van der Waals surface area contributed by atoms with Gasteiger partial charge < -0.3 is 9.47 Å². The molecule has 0 atom stereocenters. The van der Waals surface area contributed by atoms with Crippen molar-refractivity contribution in [3.05, 3.63) is 41.2 Å². The number of hydrogen-bond acceptors (Lipinski definition) is 5. The van der Waals surface area contributed by atoms with Gasteiger partial charge in [0.25, 0.3) is 0 Å². The van der Waals surface area contributed by atoms with Crippen LogP contribution in [-0.4, -0.2) is 29.5 Å². The van der Waals surface area contributed by atoms with Crippen molar-refractivity contribution in [1.29, 1.82) is 5.26 Å². The van der Waals surface area contributed by atoms with E-state index in [1.807, 2.05) is 6.07 Å². The summed E-state index contributed by atoms with van der Waals surface area (Å²) in [6, 6.07) is 7.49. The first kappa shape index (κ1) is 20.5. The van der Waals surface area contributed by atoms with Gasteiger partial charge in [-0.1, -0.05) is 39.0 Å². The Bertz CT molecular complexity index is 805. The summed E-state index contributed by atoms with van der Waals surface area (Å²) < 4.78 is 12.1. The summed E-state index contributed by atoms with van der Waals surface area (Å²) in [6.07, 6.45) is 8.75. The van der Waals surface area contributed by atoms with Gasteiger partial charge in [0.05, 0.1) is 30.7 Å². The zero-order valence-electron chi connectivity index (χ0n) is 16.3. The molecule has 0 saturated heterocycles. The molecule has 0 fully saturated rings. The second kappa shape index (κ2) is 10.4. The molecular formula is C21H27N3O3. The third-order valence-corrected chi connectivity index (χ3v) is 4.41. The molecule has 1 heterocycles. The molecule has 0 bridgehead atoms. The number of carbonyl (C=O) groups excluding carboxylic acids is 1. The summed E-state index contributed by atoms with van der Waals surface area (Å²) in [5, 5.41) is 13.8. The van der Waals surface area contributed by atoms with Crippen LogP contribution in [0.5, 0.6) is 5.75 Å². The van der Waals surface area contributed by atoms with Crippen LogP contribution in [0.4, 0.5) is 0 Å². The second-order valence-electron chi connectivity index (χ2n) is 6.47. The Labute approximate surface area is 160 Å². The number of nitrogens with zero attached hydrogens (tertiary/aromatic N) is 3. The zero-order valence-corrected chi connectivity index (χ0v) is 16.3. The van der Waals surface area contributed by atoms with Gasteiger partial charge in [-0.3, -0.25) is 0 Å². The van der Waals surface area contributed by atoms with E-state index in [1.54, 1.807) is 29.9 Å². The van der Waals surface area contributed by atoms with Crippen molar-refractivity contribution < 1.29 is 14.3 Å². The van der Waals surface area contributed by atoms with Crippen LogP contribution >= 0.6 is 0 Å². The molecule has 144 valence electrons. The fourth-order valence-corrected chi connectivity index (χ4v) is 2.84. The summed E-state index contributed by atoms with van der Waals surface area (Å²) in [6.45, 7) is 4.55. The quantitative estimate of drug-likeness (QED) is 0.452. The molecule has 27 heavy (non-hydrogen) atoms. The number of rotatable bonds is 10. The average molecular weight is 369 g/mol. The lowest BCUT2D eigenvalue weighted by atomic mass is 10.1. The Morgan fingerprint density at radius 3 is 2.67 bits per heavy atom. The molecule has 0 aliphatic carbocycles. The van der Waals surface area contributed by atoms with Gasteiger partial charge in [-0.25, -0.2) is 9.48 Å². The largest absolute Gasteiger partial charge is 0.492 e. The predicted molar refractivity (Wildman–Crippen MR) is 103 cm³/mol. The van der Waals surface area contributed by atoms with Crippen molar-refractivity contribution in [2.24, 2.45) is 0 Å². The van der Waals surface area contributed by atoms with Gasteiger partial charge in [-0.15, -0.1) is 0 Å². The van der Waals surface area contributed by atoms with Crippen LogP contribution in [0, 0.1) is 18.3 Å². The van der Waals surface area contributed by atoms with Crippen molar-refractivity contribution in [3.8, 4) is 17.5 Å². The predicted octanol–water partition coefficient (Wildman–Crippen LogP) is 4.58. The van der Waals surface area contributed by atoms with Crippen molar-refractivity contribution >= 4 is 5.97 Å². The SMILES string of the molecule is CCCCCCCCOc1ccc(-n2cc(C(=O)OC)c(C)n2)cc1C#N. The number of benzene rings is 1. The number of methoxy groups -OCH3 is 1. The maximum Gasteiger partial charge on any atom is 0.341 e. The van der Waals surface area contributed by atoms with Gasteiger partial charge in [0.2, 0.25) is 0 Å². The molecular weight excluding hydrogens is 342 g/mol. The number of aromatic nitrogens is 2. The minimum absolute atomic E-state index is 0.402. The number of unbranched alkanes of at least 4 members (excludes halogenated alkanes) is 5. The Morgan fingerprint density at radius 2 is 1.96 bits per heavy atom. The van der Waals surface area contributed by atoms with Crippen LogP contribution in [-0.2, 0) is 4.74 Å². The molecule has 0 unspecified atom stereocenters. The van der Waals surface area contributed by atoms with Crippen LogP contribution in [0.1, 0.15) is 67.1 Å². The topological polar surface area (TPSA) is 77.1 Å². The zero-order chi connectivity index (χ0) is 19.6. The summed E-state index contributed by atoms with van der Waals surface area (Å²) >= 11 is 0. The standard InChI is InChI=1S/C21H27N3O3/c1-4-5-6-7-8-9-12-27-20-11-10-18(13-17(20)14-22)24-15-19(16(2)23-24)21(25)26-3/h10-11,13,15H,4-9,12H2,1-3H3. The number of esters is 1. The monoisotopic (exact) mass is 369 g/mol. The molecule has 1 aromatic carbocycles. The molecule has 0 amide bonds. The van der Waals surface area contributed by atoms with Gasteiger partial charge in [-0.2, -0.15) is 10.4 Å². The number of aryl methyl sites for hydroxylation is 1. The van der Waals surface area contributed by atoms with Crippen LogP contribution in [0.25, 0.3) is 5.69 Å². The van der Waals surface area contributed by atoms with E-state index in [-0.39, 0.29) is 0 Å². The molecule has 0 N–H and O–H groups in total. The lowest BCUT2D eigenvalue weighted by Crippen LogP contribution is -2.02. The lowest BCUT2D eigenvalue weighted by molar-refractivity contribution is 0.0600. The lowest BCUT2D eigenvalue weighted by Gasteiger charge is -2.09. The van der Waals surface area contributed by atoms with Crippen LogP contribution in [0.15, 0.2) is 24.4 Å². The first-order valence-electron chi connectivity index (χ1n) is 9.42. The Kier molecular flexibility index (Phi) is 7.87. The molecule has 6 nitrogen and oxygen atoms in total. The van der Waals surface area contributed by atoms with Crippen molar-refractivity contribution in [2.75, 3.05) is 13.7 Å². The van der Waals surface area contributed by atoms with E-state index in [2.05, 4.69) is 18.1 Å². The van der Waals surface area contributed by atoms with E-state index < -0.39 is 5.97 Å². The van der Waals surface area contributed by atoms with Crippen LogP contribution < -0.4 is 4.74 Å². The van der Waals surface area contributed by atoms with E-state index in [9.17, 15) is 10.1 Å². The fourth-order valence-electron chi connectivity index (χ4n) is 2.84. The second-order valence-corrected chi connectivity index (χ2v) is 6.47. The highest BCUT2D eigenvalue weighted by atomic mass is 16.5. The minimum Gasteiger partial charge on any atom is -0.492 e. The number of hydrogen-bond donors (Lipinski definition) is 0. The summed E-state index contributed by atoms with van der Waals surface area (Å²) in [5.41, 5.74) is 2.12. The van der Waals surface area contributed by atoms with Crippen molar-refractivity contribution in [1.82, 2.24) is 9.78 Å². The molecule has 0 radical (unpaired) electrons. The van der Waals surface area contributed by atoms with Gasteiger partial charge >= 0.3 is 5.97 Å². The Hall–Kier alpha value is -2.81. The molecule has 0 aliphatic rings. The van der Waals surface area contributed by atoms with E-state index in [0.29, 0.717) is 34.9 Å². The van der Waals surface area contributed by atoms with Crippen LogP contribution in [0.3, 0.4) is 0 Å². The molecule has 0 aliphatic heterocycles. The molecule has 1 aromatic heterocycles. The smallest absolute Gasteiger partial charge is 0.341 e. The number of ether oxygens (including phenoxy) is 2. The van der Waals surface area contributed by atoms with Gasteiger partial charge in [0.15, 0.2) is 0 Å². The highest BCUT2D eigenvalue weighted by Crippen LogP contribution is 2.23. The van der Waals surface area contributed by atoms with Crippen molar-refractivity contribution in [3.63, 3.8) is 0 Å². The third-order valence-electron chi connectivity index (χ3n) is 4.41. The van der Waals surface area contributed by atoms with E-state index in [0.717, 1.165) is 12.8 Å². The van der Waals surface area contributed by atoms with E-state index >= 15 is 0 Å². The summed E-state index contributed by atoms with van der Waals surface area (Å²) in [7, 11) is 1.34. The Balaban J connectivity index is 2.02. The average Bonchev–Trinajstić information content (AvgIpc) is 3.08. The summed E-state index contributed by atoms with van der Waals surface area (Å²) in [4.78, 5) is 11.7. The fraction of sp³-hybridized carbons (Fsp3) is 0.476. The normalized spacial score (nSPS) is 10.4. The van der Waals surface area contributed by atoms with Crippen molar-refractivity contribution in [2.45, 2.75) is 52.4 Å². The number of nitriles is 1.